The van der Waals surface area contributed by atoms with Crippen LogP contribution in [0.4, 0.5) is 5.69 Å². The summed E-state index contributed by atoms with van der Waals surface area (Å²) in [6.07, 6.45) is 3.55. The number of carbonyl (C=O) groups is 1. The minimum atomic E-state index is -0.786. The van der Waals surface area contributed by atoms with Gasteiger partial charge in [-0.1, -0.05) is 0 Å². The van der Waals surface area contributed by atoms with Crippen LogP contribution in [0.2, 0.25) is 0 Å². The van der Waals surface area contributed by atoms with Crippen LogP contribution in [-0.2, 0) is 16.0 Å². The monoisotopic (exact) mass is 278 g/mol. The first-order valence-electron chi connectivity index (χ1n) is 6.97. The standard InChI is InChI=1S/C15H22N2O3/c1-10-4-7-13(20-10)14(18)17-12-6-5-11(16-9-12)8-15(2,3)19/h5-6,9-10,13,19H,4,7-8H2,1-3H3,(H,17,18). The predicted molar refractivity (Wildman–Crippen MR) is 76.4 cm³/mol. The molecule has 5 nitrogen and oxygen atoms in total. The first-order valence-corrected chi connectivity index (χ1v) is 6.97. The van der Waals surface area contributed by atoms with Gasteiger partial charge < -0.3 is 15.2 Å². The maximum atomic E-state index is 12.0. The molecular formula is C15H22N2O3. The zero-order valence-corrected chi connectivity index (χ0v) is 12.2. The van der Waals surface area contributed by atoms with Gasteiger partial charge in [-0.2, -0.15) is 0 Å². The van der Waals surface area contributed by atoms with Gasteiger partial charge in [-0.3, -0.25) is 9.78 Å². The molecule has 20 heavy (non-hydrogen) atoms. The van der Waals surface area contributed by atoms with Gasteiger partial charge in [0.15, 0.2) is 0 Å². The zero-order chi connectivity index (χ0) is 14.8. The number of hydrogen-bond acceptors (Lipinski definition) is 4. The summed E-state index contributed by atoms with van der Waals surface area (Å²) in [6, 6.07) is 3.61. The number of pyridine rings is 1. The molecule has 0 bridgehead atoms. The third-order valence-corrected chi connectivity index (χ3v) is 3.23. The van der Waals surface area contributed by atoms with E-state index in [0.29, 0.717) is 12.1 Å². The van der Waals surface area contributed by atoms with Gasteiger partial charge in [-0.05, 0) is 45.7 Å². The minimum absolute atomic E-state index is 0.119. The average molecular weight is 278 g/mol. The van der Waals surface area contributed by atoms with E-state index in [-0.39, 0.29) is 18.1 Å². The van der Waals surface area contributed by atoms with Crippen molar-refractivity contribution in [3.05, 3.63) is 24.0 Å². The maximum Gasteiger partial charge on any atom is 0.253 e. The third kappa shape index (κ3) is 4.28. The van der Waals surface area contributed by atoms with Crippen molar-refractivity contribution in [2.75, 3.05) is 5.32 Å². The van der Waals surface area contributed by atoms with Crippen molar-refractivity contribution in [1.29, 1.82) is 0 Å². The molecule has 0 saturated carbocycles. The van der Waals surface area contributed by atoms with Gasteiger partial charge in [0.2, 0.25) is 0 Å². The van der Waals surface area contributed by atoms with Crippen LogP contribution in [0.5, 0.6) is 0 Å². The van der Waals surface area contributed by atoms with Crippen molar-refractivity contribution >= 4 is 11.6 Å². The molecule has 1 aromatic heterocycles. The van der Waals surface area contributed by atoms with Gasteiger partial charge >= 0.3 is 0 Å². The van der Waals surface area contributed by atoms with E-state index in [9.17, 15) is 9.90 Å². The molecule has 1 saturated heterocycles. The summed E-state index contributed by atoms with van der Waals surface area (Å²) in [6.45, 7) is 5.45. The highest BCUT2D eigenvalue weighted by Crippen LogP contribution is 2.20. The van der Waals surface area contributed by atoms with Crippen molar-refractivity contribution < 1.29 is 14.6 Å². The SMILES string of the molecule is CC1CCC(C(=O)Nc2ccc(CC(C)(C)O)nc2)O1. The number of rotatable bonds is 4. The molecular weight excluding hydrogens is 256 g/mol. The highest BCUT2D eigenvalue weighted by Gasteiger charge is 2.28. The fourth-order valence-corrected chi connectivity index (χ4v) is 2.26. The van der Waals surface area contributed by atoms with E-state index in [2.05, 4.69) is 10.3 Å². The van der Waals surface area contributed by atoms with E-state index in [0.717, 1.165) is 18.5 Å². The number of carbonyl (C=O) groups excluding carboxylic acids is 1. The summed E-state index contributed by atoms with van der Waals surface area (Å²) in [5, 5.41) is 12.5. The quantitative estimate of drug-likeness (QED) is 0.882. The van der Waals surface area contributed by atoms with Crippen molar-refractivity contribution in [1.82, 2.24) is 4.98 Å². The predicted octanol–water partition coefficient (Wildman–Crippen LogP) is 1.90. The zero-order valence-electron chi connectivity index (χ0n) is 12.2. The molecule has 1 aromatic rings. The lowest BCUT2D eigenvalue weighted by Crippen LogP contribution is -2.27. The molecule has 0 spiro atoms. The van der Waals surface area contributed by atoms with Crippen LogP contribution in [0.25, 0.3) is 0 Å². The van der Waals surface area contributed by atoms with Crippen LogP contribution in [0.1, 0.15) is 39.3 Å². The van der Waals surface area contributed by atoms with Gasteiger partial charge in [0, 0.05) is 12.1 Å². The highest BCUT2D eigenvalue weighted by molar-refractivity contribution is 5.94. The molecule has 1 aliphatic heterocycles. The summed E-state index contributed by atoms with van der Waals surface area (Å²) >= 11 is 0. The van der Waals surface area contributed by atoms with Crippen LogP contribution in [0.15, 0.2) is 18.3 Å². The summed E-state index contributed by atoms with van der Waals surface area (Å²) in [7, 11) is 0. The molecule has 1 aliphatic rings. The lowest BCUT2D eigenvalue weighted by atomic mass is 10.0. The summed E-state index contributed by atoms with van der Waals surface area (Å²) in [4.78, 5) is 16.2. The van der Waals surface area contributed by atoms with Crippen molar-refractivity contribution in [3.63, 3.8) is 0 Å². The number of hydrogen-bond donors (Lipinski definition) is 2. The number of amides is 1. The van der Waals surface area contributed by atoms with E-state index in [1.807, 2.05) is 13.0 Å². The smallest absolute Gasteiger partial charge is 0.253 e. The molecule has 110 valence electrons. The van der Waals surface area contributed by atoms with E-state index in [1.165, 1.54) is 0 Å². The van der Waals surface area contributed by atoms with E-state index < -0.39 is 5.60 Å². The van der Waals surface area contributed by atoms with Gasteiger partial charge in [-0.25, -0.2) is 0 Å². The van der Waals surface area contributed by atoms with Gasteiger partial charge in [0.1, 0.15) is 6.10 Å². The second-order valence-electron chi connectivity index (χ2n) is 6.03. The van der Waals surface area contributed by atoms with Crippen LogP contribution < -0.4 is 5.32 Å². The summed E-state index contributed by atoms with van der Waals surface area (Å²) in [5.74, 6) is -0.119. The number of ether oxygens (including phenoxy) is 1. The Bertz CT molecular complexity index is 465. The fraction of sp³-hybridized carbons (Fsp3) is 0.600. The lowest BCUT2D eigenvalue weighted by molar-refractivity contribution is -0.126. The first kappa shape index (κ1) is 14.9. The summed E-state index contributed by atoms with van der Waals surface area (Å²) < 4.78 is 5.52. The Balaban J connectivity index is 1.92. The largest absolute Gasteiger partial charge is 0.390 e. The third-order valence-electron chi connectivity index (χ3n) is 3.23. The molecule has 5 heteroatoms. The molecule has 0 radical (unpaired) electrons. The Kier molecular flexibility index (Phi) is 4.40. The summed E-state index contributed by atoms with van der Waals surface area (Å²) in [5.41, 5.74) is 0.657. The molecule has 0 aliphatic carbocycles. The van der Waals surface area contributed by atoms with Crippen molar-refractivity contribution in [2.45, 2.75) is 57.8 Å². The molecule has 2 rings (SSSR count). The Morgan fingerprint density at radius 3 is 2.75 bits per heavy atom. The van der Waals surface area contributed by atoms with Gasteiger partial charge in [0.05, 0.1) is 23.6 Å². The van der Waals surface area contributed by atoms with Crippen LogP contribution >= 0.6 is 0 Å². The minimum Gasteiger partial charge on any atom is -0.390 e. The van der Waals surface area contributed by atoms with Crippen molar-refractivity contribution in [3.8, 4) is 0 Å². The molecule has 1 amide bonds. The Hall–Kier alpha value is -1.46. The number of nitrogens with one attached hydrogen (secondary N) is 1. The molecule has 2 N–H and O–H groups in total. The topological polar surface area (TPSA) is 71.5 Å². The average Bonchev–Trinajstić information content (AvgIpc) is 2.77. The number of anilines is 1. The second-order valence-corrected chi connectivity index (χ2v) is 6.03. The van der Waals surface area contributed by atoms with E-state index >= 15 is 0 Å². The second kappa shape index (κ2) is 5.89. The van der Waals surface area contributed by atoms with Crippen LogP contribution in [0.3, 0.4) is 0 Å². The molecule has 0 aromatic carbocycles. The van der Waals surface area contributed by atoms with E-state index in [1.54, 1.807) is 26.1 Å². The molecule has 1 fully saturated rings. The number of aromatic nitrogens is 1. The Labute approximate surface area is 119 Å². The van der Waals surface area contributed by atoms with Gasteiger partial charge in [0.25, 0.3) is 5.91 Å². The highest BCUT2D eigenvalue weighted by atomic mass is 16.5. The van der Waals surface area contributed by atoms with E-state index in [4.69, 9.17) is 4.74 Å². The van der Waals surface area contributed by atoms with Crippen LogP contribution in [-0.4, -0.2) is 33.8 Å². The van der Waals surface area contributed by atoms with Gasteiger partial charge in [-0.15, -0.1) is 0 Å². The normalized spacial score (nSPS) is 22.8. The Morgan fingerprint density at radius 2 is 2.25 bits per heavy atom. The van der Waals surface area contributed by atoms with Crippen molar-refractivity contribution in [2.24, 2.45) is 0 Å². The molecule has 2 heterocycles. The maximum absolute atomic E-state index is 12.0. The molecule has 2 unspecified atom stereocenters. The first-order chi connectivity index (χ1) is 9.33. The van der Waals surface area contributed by atoms with Crippen LogP contribution in [0, 0.1) is 0 Å². The lowest BCUT2D eigenvalue weighted by Gasteiger charge is -2.16. The molecule has 2 atom stereocenters. The number of nitrogens with zero attached hydrogens (tertiary/aromatic N) is 1. The Morgan fingerprint density at radius 1 is 1.50 bits per heavy atom. The number of aliphatic hydroxyl groups is 1. The fourth-order valence-electron chi connectivity index (χ4n) is 2.26.